The molecule has 1 unspecified atom stereocenters. The Labute approximate surface area is 112 Å². The molecule has 1 aliphatic rings. The van der Waals surface area contributed by atoms with Gasteiger partial charge in [0.05, 0.1) is 18.0 Å². The van der Waals surface area contributed by atoms with E-state index in [4.69, 9.17) is 5.26 Å². The third-order valence-corrected chi connectivity index (χ3v) is 3.47. The molecule has 1 heterocycles. The van der Waals surface area contributed by atoms with Crippen molar-refractivity contribution in [3.63, 3.8) is 0 Å². The first-order valence-corrected chi connectivity index (χ1v) is 6.77. The molecule has 1 aliphatic heterocycles. The summed E-state index contributed by atoms with van der Waals surface area (Å²) in [6.07, 6.45) is -3.04. The number of likely N-dealkylation sites (tertiary alicyclic amines) is 1. The van der Waals surface area contributed by atoms with Crippen LogP contribution in [-0.4, -0.2) is 42.8 Å². The maximum absolute atomic E-state index is 12.5. The van der Waals surface area contributed by atoms with Crippen molar-refractivity contribution in [2.45, 2.75) is 51.4 Å². The smallest absolute Gasteiger partial charge is 0.303 e. The molecule has 0 aromatic carbocycles. The summed E-state index contributed by atoms with van der Waals surface area (Å²) in [6, 6.07) is 2.20. The molecule has 1 saturated heterocycles. The van der Waals surface area contributed by atoms with Crippen molar-refractivity contribution in [1.82, 2.24) is 10.2 Å². The van der Waals surface area contributed by atoms with E-state index in [1.807, 2.05) is 18.7 Å². The summed E-state index contributed by atoms with van der Waals surface area (Å²) in [6.45, 7) is 5.58. The Balaban J connectivity index is 2.28. The Hall–Kier alpha value is -0.800. The Bertz CT molecular complexity index is 301. The highest BCUT2D eigenvalue weighted by Crippen LogP contribution is 2.34. The van der Waals surface area contributed by atoms with Crippen molar-refractivity contribution in [3.05, 3.63) is 0 Å². The van der Waals surface area contributed by atoms with E-state index >= 15 is 0 Å². The maximum atomic E-state index is 12.5. The van der Waals surface area contributed by atoms with Gasteiger partial charge < -0.3 is 4.90 Å². The normalized spacial score (nSPS) is 20.5. The van der Waals surface area contributed by atoms with E-state index in [1.54, 1.807) is 0 Å². The number of nitriles is 1. The molecule has 3 nitrogen and oxygen atoms in total. The molecule has 0 amide bonds. The summed E-state index contributed by atoms with van der Waals surface area (Å²) in [5.41, 5.74) is 0. The van der Waals surface area contributed by atoms with Crippen LogP contribution in [0.25, 0.3) is 0 Å². The summed E-state index contributed by atoms with van der Waals surface area (Å²) in [4.78, 5) is 2.02. The highest BCUT2D eigenvalue weighted by Gasteiger charge is 2.40. The van der Waals surface area contributed by atoms with Crippen LogP contribution in [0.2, 0.25) is 0 Å². The van der Waals surface area contributed by atoms with Crippen molar-refractivity contribution >= 4 is 0 Å². The van der Waals surface area contributed by atoms with Gasteiger partial charge in [0.2, 0.25) is 0 Å². The van der Waals surface area contributed by atoms with E-state index in [0.717, 1.165) is 0 Å². The fourth-order valence-electron chi connectivity index (χ4n) is 2.38. The first kappa shape index (κ1) is 16.3. The minimum atomic E-state index is -4.06. The molecule has 0 spiro atoms. The average molecular weight is 277 g/mol. The van der Waals surface area contributed by atoms with Gasteiger partial charge in [0.25, 0.3) is 0 Å². The van der Waals surface area contributed by atoms with E-state index in [1.165, 1.54) is 0 Å². The zero-order valence-corrected chi connectivity index (χ0v) is 11.5. The number of alkyl halides is 3. The van der Waals surface area contributed by atoms with Gasteiger partial charge in [-0.2, -0.15) is 18.4 Å². The largest absolute Gasteiger partial charge is 0.391 e. The second-order valence-corrected chi connectivity index (χ2v) is 5.45. The first-order chi connectivity index (χ1) is 8.82. The molecule has 0 bridgehead atoms. The molecular formula is C13H22F3N3. The van der Waals surface area contributed by atoms with Crippen molar-refractivity contribution in [1.29, 1.82) is 5.26 Å². The minimum absolute atomic E-state index is 0.179. The lowest BCUT2D eigenvalue weighted by Crippen LogP contribution is -2.42. The fraction of sp³-hybridized carbons (Fsp3) is 0.923. The van der Waals surface area contributed by atoms with Crippen LogP contribution in [0.5, 0.6) is 0 Å². The topological polar surface area (TPSA) is 39.1 Å². The lowest BCUT2D eigenvalue weighted by molar-refractivity contribution is -0.185. The van der Waals surface area contributed by atoms with Crippen LogP contribution in [0.3, 0.4) is 0 Å². The van der Waals surface area contributed by atoms with E-state index in [9.17, 15) is 13.2 Å². The Kier molecular flexibility index (Phi) is 6.08. The lowest BCUT2D eigenvalue weighted by atomic mass is 9.96. The number of nitrogens with one attached hydrogen (secondary N) is 1. The van der Waals surface area contributed by atoms with Gasteiger partial charge in [-0.15, -0.1) is 0 Å². The number of rotatable bonds is 5. The van der Waals surface area contributed by atoms with Crippen LogP contribution in [-0.2, 0) is 0 Å². The van der Waals surface area contributed by atoms with Gasteiger partial charge in [0.1, 0.15) is 0 Å². The van der Waals surface area contributed by atoms with Gasteiger partial charge >= 0.3 is 6.18 Å². The minimum Gasteiger partial charge on any atom is -0.303 e. The monoisotopic (exact) mass is 277 g/mol. The SMILES string of the molecule is CC(C)NC(C#N)CCN1CCC(C(F)(F)F)CC1. The third-order valence-electron chi connectivity index (χ3n) is 3.47. The molecule has 1 N–H and O–H groups in total. The number of piperidine rings is 1. The van der Waals surface area contributed by atoms with Gasteiger partial charge in [-0.05, 0) is 46.2 Å². The summed E-state index contributed by atoms with van der Waals surface area (Å²) in [5.74, 6) is -1.15. The molecular weight excluding hydrogens is 255 g/mol. The molecule has 0 radical (unpaired) electrons. The molecule has 1 fully saturated rings. The molecule has 110 valence electrons. The second-order valence-electron chi connectivity index (χ2n) is 5.45. The summed E-state index contributed by atoms with van der Waals surface area (Å²) in [7, 11) is 0. The second kappa shape index (κ2) is 7.11. The van der Waals surface area contributed by atoms with Crippen LogP contribution >= 0.6 is 0 Å². The molecule has 1 rings (SSSR count). The molecule has 0 aliphatic carbocycles. The Morgan fingerprint density at radius 1 is 1.32 bits per heavy atom. The molecule has 1 atom stereocenters. The van der Waals surface area contributed by atoms with Crippen LogP contribution in [0.4, 0.5) is 13.2 Å². The van der Waals surface area contributed by atoms with E-state index in [-0.39, 0.29) is 24.9 Å². The molecule has 0 saturated carbocycles. The van der Waals surface area contributed by atoms with Gasteiger partial charge in [-0.3, -0.25) is 5.32 Å². The van der Waals surface area contributed by atoms with E-state index in [2.05, 4.69) is 11.4 Å². The summed E-state index contributed by atoms with van der Waals surface area (Å²) in [5, 5.41) is 12.1. The average Bonchev–Trinajstić information content (AvgIpc) is 2.33. The zero-order chi connectivity index (χ0) is 14.5. The number of hydrogen-bond acceptors (Lipinski definition) is 3. The van der Waals surface area contributed by atoms with Crippen LogP contribution in [0, 0.1) is 17.2 Å². The summed E-state index contributed by atoms with van der Waals surface area (Å²) >= 11 is 0. The van der Waals surface area contributed by atoms with Crippen LogP contribution in [0.1, 0.15) is 33.1 Å². The highest BCUT2D eigenvalue weighted by molar-refractivity contribution is 4.91. The quantitative estimate of drug-likeness (QED) is 0.839. The Morgan fingerprint density at radius 2 is 1.89 bits per heavy atom. The van der Waals surface area contributed by atoms with Gasteiger partial charge in [0, 0.05) is 12.6 Å². The predicted octanol–water partition coefficient (Wildman–Crippen LogP) is 2.54. The third kappa shape index (κ3) is 5.79. The predicted molar refractivity (Wildman–Crippen MR) is 67.5 cm³/mol. The number of nitrogens with zero attached hydrogens (tertiary/aromatic N) is 2. The lowest BCUT2D eigenvalue weighted by Gasteiger charge is -2.33. The van der Waals surface area contributed by atoms with Gasteiger partial charge in [0.15, 0.2) is 0 Å². The Morgan fingerprint density at radius 3 is 2.32 bits per heavy atom. The maximum Gasteiger partial charge on any atom is 0.391 e. The van der Waals surface area contributed by atoms with Crippen molar-refractivity contribution in [3.8, 4) is 6.07 Å². The van der Waals surface area contributed by atoms with Crippen LogP contribution in [0.15, 0.2) is 0 Å². The number of halogens is 3. The van der Waals surface area contributed by atoms with Gasteiger partial charge in [-0.25, -0.2) is 0 Å². The summed E-state index contributed by atoms with van der Waals surface area (Å²) < 4.78 is 37.5. The molecule has 0 aromatic heterocycles. The van der Waals surface area contributed by atoms with Gasteiger partial charge in [-0.1, -0.05) is 0 Å². The zero-order valence-electron chi connectivity index (χ0n) is 11.5. The van der Waals surface area contributed by atoms with Crippen LogP contribution < -0.4 is 5.32 Å². The van der Waals surface area contributed by atoms with Crippen molar-refractivity contribution in [2.24, 2.45) is 5.92 Å². The standard InChI is InChI=1S/C13H22F3N3/c1-10(2)18-12(9-17)5-8-19-6-3-11(4-7-19)13(14,15)16/h10-12,18H,3-8H2,1-2H3. The fourth-order valence-corrected chi connectivity index (χ4v) is 2.38. The van der Waals surface area contributed by atoms with Crippen molar-refractivity contribution < 1.29 is 13.2 Å². The number of hydrogen-bond donors (Lipinski definition) is 1. The molecule has 6 heteroatoms. The highest BCUT2D eigenvalue weighted by atomic mass is 19.4. The van der Waals surface area contributed by atoms with E-state index in [0.29, 0.717) is 26.1 Å². The molecule has 0 aromatic rings. The van der Waals surface area contributed by atoms with E-state index < -0.39 is 12.1 Å². The first-order valence-electron chi connectivity index (χ1n) is 6.77. The van der Waals surface area contributed by atoms with Crippen molar-refractivity contribution in [2.75, 3.05) is 19.6 Å². The molecule has 19 heavy (non-hydrogen) atoms.